The molecule has 7 nitrogen and oxygen atoms in total. The van der Waals surface area contributed by atoms with Crippen molar-refractivity contribution in [1.29, 1.82) is 0 Å². The van der Waals surface area contributed by atoms with Crippen LogP contribution in [0.5, 0.6) is 0 Å². The number of sulfonamides is 1. The highest BCUT2D eigenvalue weighted by molar-refractivity contribution is 7.89. The van der Waals surface area contributed by atoms with Gasteiger partial charge in [0.05, 0.1) is 18.6 Å². The van der Waals surface area contributed by atoms with Gasteiger partial charge in [0.2, 0.25) is 15.6 Å². The maximum Gasteiger partial charge on any atom is 0.351 e. The van der Waals surface area contributed by atoms with Gasteiger partial charge in [-0.3, -0.25) is 4.79 Å². The van der Waals surface area contributed by atoms with E-state index in [2.05, 4.69) is 9.46 Å². The number of nitrogens with one attached hydrogen (secondary N) is 1. The Morgan fingerprint density at radius 1 is 1.36 bits per heavy atom. The van der Waals surface area contributed by atoms with E-state index in [4.69, 9.17) is 4.74 Å². The number of esters is 2. The second-order valence-corrected chi connectivity index (χ2v) is 6.86. The lowest BCUT2D eigenvalue weighted by molar-refractivity contribution is -0.171. The first-order valence-electron chi connectivity index (χ1n) is 6.66. The van der Waals surface area contributed by atoms with Crippen LogP contribution in [0.4, 0.5) is 0 Å². The molecule has 0 saturated carbocycles. The Kier molecular flexibility index (Phi) is 4.52. The number of cyclic esters (lactones) is 1. The maximum absolute atomic E-state index is 12.2. The summed E-state index contributed by atoms with van der Waals surface area (Å²) >= 11 is 0. The summed E-state index contributed by atoms with van der Waals surface area (Å²) in [6.07, 6.45) is 0.121. The van der Waals surface area contributed by atoms with Crippen molar-refractivity contribution in [2.24, 2.45) is 0 Å². The maximum atomic E-state index is 12.2. The van der Waals surface area contributed by atoms with E-state index < -0.39 is 27.6 Å². The molecule has 0 aliphatic carbocycles. The highest BCUT2D eigenvalue weighted by Gasteiger charge is 2.49. The first-order chi connectivity index (χ1) is 10.3. The largest absolute Gasteiger partial charge is 0.466 e. The zero-order valence-corrected chi connectivity index (χ0v) is 13.1. The van der Waals surface area contributed by atoms with Crippen LogP contribution in [0.1, 0.15) is 18.4 Å². The van der Waals surface area contributed by atoms with Crippen LogP contribution in [0.3, 0.4) is 0 Å². The minimum absolute atomic E-state index is 0.0430. The lowest BCUT2D eigenvalue weighted by Gasteiger charge is -2.24. The Morgan fingerprint density at radius 2 is 2.00 bits per heavy atom. The zero-order chi connectivity index (χ0) is 16.4. The molecule has 22 heavy (non-hydrogen) atoms. The standard InChI is InChI=1S/C14H17NO6S/c1-10-3-5-11(6-4-10)22(18,19)15-9-14(13(17)20-2)8-7-12(16)21-14/h3-6,15H,7-9H2,1-2H3. The summed E-state index contributed by atoms with van der Waals surface area (Å²) < 4.78 is 36.4. The summed E-state index contributed by atoms with van der Waals surface area (Å²) in [6, 6.07) is 6.26. The first-order valence-corrected chi connectivity index (χ1v) is 8.14. The van der Waals surface area contributed by atoms with Crippen LogP contribution in [0.25, 0.3) is 0 Å². The van der Waals surface area contributed by atoms with Crippen LogP contribution in [-0.4, -0.2) is 39.6 Å². The van der Waals surface area contributed by atoms with Gasteiger partial charge in [-0.2, -0.15) is 0 Å². The Hall–Kier alpha value is -1.93. The Balaban J connectivity index is 2.17. The van der Waals surface area contributed by atoms with Gasteiger partial charge in [0.1, 0.15) is 0 Å². The lowest BCUT2D eigenvalue weighted by atomic mass is 10.0. The molecule has 1 atom stereocenters. The normalized spacial score (nSPS) is 21.5. The van der Waals surface area contributed by atoms with Gasteiger partial charge in [0, 0.05) is 12.8 Å². The van der Waals surface area contributed by atoms with Crippen molar-refractivity contribution in [2.75, 3.05) is 13.7 Å². The molecule has 1 saturated heterocycles. The lowest BCUT2D eigenvalue weighted by Crippen LogP contribution is -2.49. The van der Waals surface area contributed by atoms with Gasteiger partial charge in [0.15, 0.2) is 0 Å². The molecule has 0 aromatic heterocycles. The monoisotopic (exact) mass is 327 g/mol. The number of ether oxygens (including phenoxy) is 2. The van der Waals surface area contributed by atoms with Gasteiger partial charge >= 0.3 is 11.9 Å². The van der Waals surface area contributed by atoms with Crippen molar-refractivity contribution >= 4 is 22.0 Å². The van der Waals surface area contributed by atoms with Gasteiger partial charge in [-0.05, 0) is 19.1 Å². The van der Waals surface area contributed by atoms with E-state index >= 15 is 0 Å². The summed E-state index contributed by atoms with van der Waals surface area (Å²) in [5.41, 5.74) is -0.668. The van der Waals surface area contributed by atoms with E-state index in [9.17, 15) is 18.0 Å². The topological polar surface area (TPSA) is 98.8 Å². The average Bonchev–Trinajstić information content (AvgIpc) is 2.88. The highest BCUT2D eigenvalue weighted by atomic mass is 32.2. The first kappa shape index (κ1) is 16.4. The Bertz CT molecular complexity index is 682. The summed E-state index contributed by atoms with van der Waals surface area (Å²) in [7, 11) is -2.65. The quantitative estimate of drug-likeness (QED) is 0.792. The zero-order valence-electron chi connectivity index (χ0n) is 12.3. The molecule has 1 aliphatic heterocycles. The van der Waals surface area contributed by atoms with Gasteiger partial charge < -0.3 is 9.47 Å². The van der Waals surface area contributed by atoms with Crippen molar-refractivity contribution in [2.45, 2.75) is 30.3 Å². The van der Waals surface area contributed by atoms with Crippen LogP contribution in [0, 0.1) is 6.92 Å². The fourth-order valence-electron chi connectivity index (χ4n) is 2.16. The number of rotatable bonds is 5. The van der Waals surface area contributed by atoms with E-state index in [1.165, 1.54) is 12.1 Å². The number of aryl methyl sites for hydroxylation is 1. The van der Waals surface area contributed by atoms with Crippen molar-refractivity contribution in [3.05, 3.63) is 29.8 Å². The third kappa shape index (κ3) is 3.28. The number of hydrogen-bond acceptors (Lipinski definition) is 6. The molecule has 1 unspecified atom stereocenters. The second-order valence-electron chi connectivity index (χ2n) is 5.10. The molecule has 1 heterocycles. The van der Waals surface area contributed by atoms with Crippen LogP contribution in [0.15, 0.2) is 29.2 Å². The molecule has 0 amide bonds. The van der Waals surface area contributed by atoms with E-state index in [1.54, 1.807) is 12.1 Å². The third-order valence-corrected chi connectivity index (χ3v) is 4.90. The minimum atomic E-state index is -3.81. The number of carbonyl (C=O) groups is 2. The molecule has 1 aromatic carbocycles. The predicted molar refractivity (Wildman–Crippen MR) is 76.4 cm³/mol. The Morgan fingerprint density at radius 3 is 2.50 bits per heavy atom. The number of carbonyl (C=O) groups excluding carboxylic acids is 2. The molecule has 120 valence electrons. The van der Waals surface area contributed by atoms with E-state index in [0.29, 0.717) is 0 Å². The average molecular weight is 327 g/mol. The van der Waals surface area contributed by atoms with Crippen LogP contribution in [-0.2, 0) is 29.1 Å². The van der Waals surface area contributed by atoms with Crippen molar-refractivity contribution < 1.29 is 27.5 Å². The molecule has 1 aliphatic rings. The third-order valence-electron chi connectivity index (χ3n) is 3.48. The van der Waals surface area contributed by atoms with E-state index in [1.807, 2.05) is 6.92 Å². The molecule has 2 rings (SSSR count). The fourth-order valence-corrected chi connectivity index (χ4v) is 3.25. The molecule has 1 N–H and O–H groups in total. The summed E-state index contributed by atoms with van der Waals surface area (Å²) in [5.74, 6) is -1.33. The fraction of sp³-hybridized carbons (Fsp3) is 0.429. The second kappa shape index (κ2) is 6.05. The smallest absolute Gasteiger partial charge is 0.351 e. The molecule has 8 heteroatoms. The molecule has 1 aromatic rings. The molecular weight excluding hydrogens is 310 g/mol. The highest BCUT2D eigenvalue weighted by Crippen LogP contribution is 2.28. The number of benzene rings is 1. The van der Waals surface area contributed by atoms with Crippen LogP contribution >= 0.6 is 0 Å². The molecule has 0 radical (unpaired) electrons. The van der Waals surface area contributed by atoms with Crippen molar-refractivity contribution in [1.82, 2.24) is 4.72 Å². The van der Waals surface area contributed by atoms with Crippen LogP contribution < -0.4 is 4.72 Å². The summed E-state index contributed by atoms with van der Waals surface area (Å²) in [6.45, 7) is 1.48. The molecule has 0 bridgehead atoms. The predicted octanol–water partition coefficient (Wildman–Crippen LogP) is 0.522. The molecule has 1 fully saturated rings. The minimum Gasteiger partial charge on any atom is -0.466 e. The number of hydrogen-bond donors (Lipinski definition) is 1. The van der Waals surface area contributed by atoms with Crippen molar-refractivity contribution in [3.63, 3.8) is 0 Å². The summed E-state index contributed by atoms with van der Waals surface area (Å²) in [4.78, 5) is 23.2. The van der Waals surface area contributed by atoms with Gasteiger partial charge in [-0.25, -0.2) is 17.9 Å². The van der Waals surface area contributed by atoms with Crippen LogP contribution in [0.2, 0.25) is 0 Å². The Labute approximate surface area is 128 Å². The molecule has 0 spiro atoms. The van der Waals surface area contributed by atoms with Crippen molar-refractivity contribution in [3.8, 4) is 0 Å². The van der Waals surface area contributed by atoms with Gasteiger partial charge in [0.25, 0.3) is 0 Å². The van der Waals surface area contributed by atoms with E-state index in [0.717, 1.165) is 12.7 Å². The molecular formula is C14H17NO6S. The SMILES string of the molecule is COC(=O)C1(CNS(=O)(=O)c2ccc(C)cc2)CCC(=O)O1. The van der Waals surface area contributed by atoms with Gasteiger partial charge in [-0.15, -0.1) is 0 Å². The van der Waals surface area contributed by atoms with Gasteiger partial charge in [-0.1, -0.05) is 17.7 Å². The van der Waals surface area contributed by atoms with E-state index in [-0.39, 0.29) is 24.3 Å². The summed E-state index contributed by atoms with van der Waals surface area (Å²) in [5, 5.41) is 0. The number of methoxy groups -OCH3 is 1.